The Kier molecular flexibility index (Phi) is 5.36. The number of amides is 3. The lowest BCUT2D eigenvalue weighted by atomic mass is 10.2. The highest BCUT2D eigenvalue weighted by atomic mass is 19.1. The molecule has 136 valence electrons. The van der Waals surface area contributed by atoms with E-state index in [0.717, 1.165) is 5.56 Å². The zero-order valence-corrected chi connectivity index (χ0v) is 14.4. The molecule has 0 bridgehead atoms. The van der Waals surface area contributed by atoms with Gasteiger partial charge in [0.2, 0.25) is 5.91 Å². The minimum absolute atomic E-state index is 0.0724. The van der Waals surface area contributed by atoms with Crippen LogP contribution in [0.25, 0.3) is 0 Å². The number of methoxy groups -OCH3 is 1. The molecule has 2 N–H and O–H groups in total. The molecular weight excluding hydrogens is 337 g/mol. The Morgan fingerprint density at radius 2 is 2.08 bits per heavy atom. The number of rotatable bonds is 5. The molecular formula is C19H20FN3O3. The third-order valence-electron chi connectivity index (χ3n) is 4.17. The number of hydrogen-bond acceptors (Lipinski definition) is 3. The summed E-state index contributed by atoms with van der Waals surface area (Å²) >= 11 is 0. The molecule has 1 aliphatic heterocycles. The monoisotopic (exact) mass is 357 g/mol. The highest BCUT2D eigenvalue weighted by molar-refractivity contribution is 5.92. The molecule has 3 rings (SSSR count). The summed E-state index contributed by atoms with van der Waals surface area (Å²) < 4.78 is 18.5. The molecule has 1 saturated heterocycles. The minimum Gasteiger partial charge on any atom is -0.495 e. The summed E-state index contributed by atoms with van der Waals surface area (Å²) in [5, 5.41) is 5.51. The molecule has 0 saturated carbocycles. The fraction of sp³-hybridized carbons (Fsp3) is 0.263. The van der Waals surface area contributed by atoms with Gasteiger partial charge in [-0.05, 0) is 29.8 Å². The van der Waals surface area contributed by atoms with E-state index in [9.17, 15) is 14.0 Å². The molecule has 26 heavy (non-hydrogen) atoms. The number of ether oxygens (including phenoxy) is 1. The Morgan fingerprint density at radius 3 is 2.85 bits per heavy atom. The van der Waals surface area contributed by atoms with Crippen LogP contribution in [0.15, 0.2) is 48.5 Å². The second-order valence-corrected chi connectivity index (χ2v) is 6.10. The first-order valence-electron chi connectivity index (χ1n) is 8.28. The maximum absolute atomic E-state index is 13.3. The summed E-state index contributed by atoms with van der Waals surface area (Å²) in [7, 11) is 1.53. The smallest absolute Gasteiger partial charge is 0.319 e. The third-order valence-corrected chi connectivity index (χ3v) is 4.17. The van der Waals surface area contributed by atoms with Gasteiger partial charge >= 0.3 is 6.03 Å². The number of nitrogens with zero attached hydrogens (tertiary/aromatic N) is 1. The molecule has 0 radical (unpaired) electrons. The maximum atomic E-state index is 13.3. The Hall–Kier alpha value is -3.09. The van der Waals surface area contributed by atoms with E-state index >= 15 is 0 Å². The molecule has 2 aromatic carbocycles. The van der Waals surface area contributed by atoms with Crippen LogP contribution >= 0.6 is 0 Å². The Balaban J connectivity index is 1.56. The molecule has 0 unspecified atom stereocenters. The summed E-state index contributed by atoms with van der Waals surface area (Å²) in [6.07, 6.45) is 0.217. The van der Waals surface area contributed by atoms with E-state index in [1.54, 1.807) is 35.2 Å². The van der Waals surface area contributed by atoms with Gasteiger partial charge in [0.15, 0.2) is 0 Å². The van der Waals surface area contributed by atoms with Gasteiger partial charge < -0.3 is 20.3 Å². The summed E-state index contributed by atoms with van der Waals surface area (Å²) in [6.45, 7) is 0.706. The third kappa shape index (κ3) is 4.30. The van der Waals surface area contributed by atoms with Gasteiger partial charge in [0, 0.05) is 19.5 Å². The second kappa shape index (κ2) is 7.86. The maximum Gasteiger partial charge on any atom is 0.319 e. The van der Waals surface area contributed by atoms with Gasteiger partial charge in [-0.25, -0.2) is 9.18 Å². The van der Waals surface area contributed by atoms with E-state index in [2.05, 4.69) is 10.6 Å². The number of carbonyl (C=O) groups excluding carboxylic acids is 2. The van der Waals surface area contributed by atoms with E-state index in [0.29, 0.717) is 24.5 Å². The molecule has 6 nitrogen and oxygen atoms in total. The van der Waals surface area contributed by atoms with Gasteiger partial charge in [-0.15, -0.1) is 0 Å². The molecule has 0 aromatic heterocycles. The number of carbonyl (C=O) groups is 2. The summed E-state index contributed by atoms with van der Waals surface area (Å²) in [6, 6.07) is 12.5. The van der Waals surface area contributed by atoms with Crippen molar-refractivity contribution in [2.45, 2.75) is 19.0 Å². The van der Waals surface area contributed by atoms with Crippen LogP contribution < -0.4 is 15.4 Å². The first-order chi connectivity index (χ1) is 12.5. The molecule has 1 aliphatic rings. The standard InChI is InChI=1S/C19H20FN3O3/c1-26-17-8-3-2-7-16(17)22-19(25)21-15-10-18(24)23(12-15)11-13-5-4-6-14(20)9-13/h2-9,15H,10-12H2,1H3,(H2,21,22,25)/t15-/m1/s1. The van der Waals surface area contributed by atoms with Crippen LogP contribution in [0.4, 0.5) is 14.9 Å². The molecule has 7 heteroatoms. The van der Waals surface area contributed by atoms with Crippen LogP contribution in [0.3, 0.4) is 0 Å². The first kappa shape index (κ1) is 17.7. The van der Waals surface area contributed by atoms with Crippen molar-refractivity contribution in [3.63, 3.8) is 0 Å². The zero-order chi connectivity index (χ0) is 18.5. The predicted octanol–water partition coefficient (Wildman–Crippen LogP) is 2.76. The number of nitrogens with one attached hydrogen (secondary N) is 2. The van der Waals surface area contributed by atoms with Crippen LogP contribution in [0, 0.1) is 5.82 Å². The van der Waals surface area contributed by atoms with Gasteiger partial charge in [0.1, 0.15) is 11.6 Å². The number of hydrogen-bond donors (Lipinski definition) is 2. The normalized spacial score (nSPS) is 16.5. The van der Waals surface area contributed by atoms with Crippen molar-refractivity contribution in [3.8, 4) is 5.75 Å². The van der Waals surface area contributed by atoms with E-state index < -0.39 is 6.03 Å². The van der Waals surface area contributed by atoms with Crippen molar-refractivity contribution in [1.29, 1.82) is 0 Å². The fourth-order valence-electron chi connectivity index (χ4n) is 2.97. The predicted molar refractivity (Wildman–Crippen MR) is 95.4 cm³/mol. The highest BCUT2D eigenvalue weighted by Gasteiger charge is 2.30. The molecule has 0 aliphatic carbocycles. The van der Waals surface area contributed by atoms with Crippen LogP contribution in [0.5, 0.6) is 5.75 Å². The molecule has 1 fully saturated rings. The van der Waals surface area contributed by atoms with Crippen LogP contribution in [0.2, 0.25) is 0 Å². The fourth-order valence-corrected chi connectivity index (χ4v) is 2.97. The van der Waals surface area contributed by atoms with Crippen molar-refractivity contribution in [2.24, 2.45) is 0 Å². The molecule has 0 spiro atoms. The number of anilines is 1. The van der Waals surface area contributed by atoms with Crippen molar-refractivity contribution < 1.29 is 18.7 Å². The SMILES string of the molecule is COc1ccccc1NC(=O)N[C@@H]1CC(=O)N(Cc2cccc(F)c2)C1. The topological polar surface area (TPSA) is 70.7 Å². The van der Waals surface area contributed by atoms with Crippen molar-refractivity contribution >= 4 is 17.6 Å². The van der Waals surface area contributed by atoms with Gasteiger partial charge in [0.05, 0.1) is 18.8 Å². The quantitative estimate of drug-likeness (QED) is 0.864. The van der Waals surface area contributed by atoms with Crippen molar-refractivity contribution in [3.05, 3.63) is 59.9 Å². The van der Waals surface area contributed by atoms with Gasteiger partial charge in [-0.3, -0.25) is 4.79 Å². The average molecular weight is 357 g/mol. The Labute approximate surface area is 150 Å². The lowest BCUT2D eigenvalue weighted by molar-refractivity contribution is -0.128. The van der Waals surface area contributed by atoms with E-state index in [1.807, 2.05) is 6.07 Å². The lowest BCUT2D eigenvalue weighted by Crippen LogP contribution is -2.39. The number of halogens is 1. The lowest BCUT2D eigenvalue weighted by Gasteiger charge is -2.18. The van der Waals surface area contributed by atoms with Gasteiger partial charge in [-0.2, -0.15) is 0 Å². The molecule has 1 atom stereocenters. The van der Waals surface area contributed by atoms with Gasteiger partial charge in [-0.1, -0.05) is 24.3 Å². The minimum atomic E-state index is -0.403. The van der Waals surface area contributed by atoms with Crippen molar-refractivity contribution in [2.75, 3.05) is 19.0 Å². The summed E-state index contributed by atoms with van der Waals surface area (Å²) in [5.74, 6) is 0.148. The highest BCUT2D eigenvalue weighted by Crippen LogP contribution is 2.23. The molecule has 1 heterocycles. The van der Waals surface area contributed by atoms with Crippen LogP contribution in [0.1, 0.15) is 12.0 Å². The molecule has 3 amide bonds. The van der Waals surface area contributed by atoms with E-state index in [1.165, 1.54) is 19.2 Å². The van der Waals surface area contributed by atoms with Crippen LogP contribution in [-0.2, 0) is 11.3 Å². The second-order valence-electron chi connectivity index (χ2n) is 6.10. The van der Waals surface area contributed by atoms with E-state index in [-0.39, 0.29) is 24.2 Å². The summed E-state index contributed by atoms with van der Waals surface area (Å²) in [4.78, 5) is 26.0. The van der Waals surface area contributed by atoms with Crippen LogP contribution in [-0.4, -0.2) is 36.5 Å². The Morgan fingerprint density at radius 1 is 1.27 bits per heavy atom. The Bertz CT molecular complexity index is 812. The van der Waals surface area contributed by atoms with Gasteiger partial charge in [0.25, 0.3) is 0 Å². The largest absolute Gasteiger partial charge is 0.495 e. The van der Waals surface area contributed by atoms with E-state index in [4.69, 9.17) is 4.74 Å². The van der Waals surface area contributed by atoms with Crippen molar-refractivity contribution in [1.82, 2.24) is 10.2 Å². The number of para-hydroxylation sites is 2. The number of benzene rings is 2. The summed E-state index contributed by atoms with van der Waals surface area (Å²) in [5.41, 5.74) is 1.27. The number of likely N-dealkylation sites (tertiary alicyclic amines) is 1. The zero-order valence-electron chi connectivity index (χ0n) is 14.4. The average Bonchev–Trinajstić information content (AvgIpc) is 2.94. The first-order valence-corrected chi connectivity index (χ1v) is 8.28. The molecule has 2 aromatic rings. The number of urea groups is 1.